The predicted octanol–water partition coefficient (Wildman–Crippen LogP) is 3.91. The highest BCUT2D eigenvalue weighted by Gasteiger charge is 2.30. The van der Waals surface area contributed by atoms with Crippen LogP contribution < -0.4 is 9.47 Å². The molecule has 0 bridgehead atoms. The molecule has 0 aromatic heterocycles. The third-order valence-corrected chi connectivity index (χ3v) is 8.83. The molecule has 1 amide bonds. The molecule has 5 rings (SSSR count). The van der Waals surface area contributed by atoms with E-state index in [4.69, 9.17) is 21.1 Å². The summed E-state index contributed by atoms with van der Waals surface area (Å²) >= 11 is 5.98. The van der Waals surface area contributed by atoms with Gasteiger partial charge in [0.2, 0.25) is 22.7 Å². The van der Waals surface area contributed by atoms with Crippen molar-refractivity contribution in [1.29, 1.82) is 0 Å². The smallest absolute Gasteiger partial charge is 0.243 e. The molecule has 0 unspecified atom stereocenters. The van der Waals surface area contributed by atoms with Gasteiger partial charge in [-0.1, -0.05) is 47.5 Å². The van der Waals surface area contributed by atoms with Crippen LogP contribution in [0.5, 0.6) is 11.5 Å². The summed E-state index contributed by atoms with van der Waals surface area (Å²) < 4.78 is 39.3. The summed E-state index contributed by atoms with van der Waals surface area (Å²) in [6.45, 7) is 5.26. The quantitative estimate of drug-likeness (QED) is 0.419. The molecule has 1 saturated heterocycles. The van der Waals surface area contributed by atoms with Crippen molar-refractivity contribution in [2.45, 2.75) is 24.9 Å². The molecule has 0 saturated carbocycles. The van der Waals surface area contributed by atoms with Gasteiger partial charge in [-0.3, -0.25) is 9.69 Å². The van der Waals surface area contributed by atoms with Crippen molar-refractivity contribution >= 4 is 27.5 Å². The number of fused-ring (bicyclic) bond motifs is 1. The van der Waals surface area contributed by atoms with Gasteiger partial charge in [0.15, 0.2) is 11.5 Å². The SMILES string of the molecule is Cc1cccc(CN(CC(=O)N2CCN(Cc3ccc4c(c3)OCO4)CC2)S(=O)(=O)c2ccc(Cl)cc2)c1. The van der Waals surface area contributed by atoms with Crippen LogP contribution in [-0.2, 0) is 27.9 Å². The Morgan fingerprint density at radius 1 is 0.921 bits per heavy atom. The zero-order valence-corrected chi connectivity index (χ0v) is 22.7. The van der Waals surface area contributed by atoms with E-state index >= 15 is 0 Å². The number of aryl methyl sites for hydroxylation is 1. The van der Waals surface area contributed by atoms with E-state index < -0.39 is 10.0 Å². The van der Waals surface area contributed by atoms with Crippen molar-refractivity contribution in [3.8, 4) is 11.5 Å². The van der Waals surface area contributed by atoms with Crippen LogP contribution in [0, 0.1) is 6.92 Å². The number of hydrogen-bond acceptors (Lipinski definition) is 6. The van der Waals surface area contributed by atoms with E-state index in [2.05, 4.69) is 4.90 Å². The molecule has 0 aliphatic carbocycles. The highest BCUT2D eigenvalue weighted by Crippen LogP contribution is 2.33. The molecular formula is C28H30ClN3O5S. The molecule has 0 radical (unpaired) electrons. The lowest BCUT2D eigenvalue weighted by Gasteiger charge is -2.35. The van der Waals surface area contributed by atoms with Gasteiger partial charge >= 0.3 is 0 Å². The molecule has 2 aliphatic heterocycles. The van der Waals surface area contributed by atoms with Crippen LogP contribution >= 0.6 is 11.6 Å². The van der Waals surface area contributed by atoms with Gasteiger partial charge < -0.3 is 14.4 Å². The molecule has 3 aromatic rings. The second-order valence-corrected chi connectivity index (χ2v) is 11.9. The third kappa shape index (κ3) is 6.13. The monoisotopic (exact) mass is 555 g/mol. The Balaban J connectivity index is 1.25. The number of sulfonamides is 1. The Morgan fingerprint density at radius 3 is 2.39 bits per heavy atom. The van der Waals surface area contributed by atoms with Crippen LogP contribution in [0.3, 0.4) is 0 Å². The fraction of sp³-hybridized carbons (Fsp3) is 0.321. The van der Waals surface area contributed by atoms with Crippen LogP contribution in [-0.4, -0.2) is 67.9 Å². The van der Waals surface area contributed by atoms with Gasteiger partial charge in [-0.2, -0.15) is 4.31 Å². The number of carbonyl (C=O) groups is 1. The second kappa shape index (κ2) is 11.3. The predicted molar refractivity (Wildman–Crippen MR) is 145 cm³/mol. The fourth-order valence-electron chi connectivity index (χ4n) is 4.70. The molecule has 8 nitrogen and oxygen atoms in total. The Bertz CT molecular complexity index is 1410. The maximum atomic E-state index is 13.6. The molecule has 0 N–H and O–H groups in total. The van der Waals surface area contributed by atoms with Crippen molar-refractivity contribution < 1.29 is 22.7 Å². The number of nitrogens with zero attached hydrogens (tertiary/aromatic N) is 3. The Morgan fingerprint density at radius 2 is 1.66 bits per heavy atom. The number of hydrogen-bond donors (Lipinski definition) is 0. The van der Waals surface area contributed by atoms with Gasteiger partial charge in [-0.15, -0.1) is 0 Å². The van der Waals surface area contributed by atoms with Gasteiger partial charge in [-0.25, -0.2) is 8.42 Å². The first kappa shape index (κ1) is 26.5. The number of benzene rings is 3. The van der Waals surface area contributed by atoms with E-state index in [-0.39, 0.29) is 30.7 Å². The zero-order chi connectivity index (χ0) is 26.7. The van der Waals surface area contributed by atoms with Crippen LogP contribution in [0.1, 0.15) is 16.7 Å². The third-order valence-electron chi connectivity index (χ3n) is 6.77. The maximum absolute atomic E-state index is 13.6. The first-order valence-electron chi connectivity index (χ1n) is 12.5. The summed E-state index contributed by atoms with van der Waals surface area (Å²) in [5.74, 6) is 1.30. The summed E-state index contributed by atoms with van der Waals surface area (Å²) in [7, 11) is -3.92. The van der Waals surface area contributed by atoms with E-state index in [0.717, 1.165) is 34.7 Å². The van der Waals surface area contributed by atoms with Crippen LogP contribution in [0.4, 0.5) is 0 Å². The van der Waals surface area contributed by atoms with E-state index in [1.165, 1.54) is 16.4 Å². The Kier molecular flexibility index (Phi) is 7.90. The minimum atomic E-state index is -3.92. The van der Waals surface area contributed by atoms with Crippen molar-refractivity contribution in [2.75, 3.05) is 39.5 Å². The van der Waals surface area contributed by atoms with Crippen molar-refractivity contribution in [3.05, 3.63) is 88.4 Å². The summed E-state index contributed by atoms with van der Waals surface area (Å²) in [5.41, 5.74) is 2.97. The molecule has 2 heterocycles. The van der Waals surface area contributed by atoms with Gasteiger partial charge in [0, 0.05) is 44.3 Å². The molecule has 38 heavy (non-hydrogen) atoms. The highest BCUT2D eigenvalue weighted by molar-refractivity contribution is 7.89. The number of halogens is 1. The minimum Gasteiger partial charge on any atom is -0.454 e. The second-order valence-electron chi connectivity index (χ2n) is 9.56. The Labute approximate surface area is 228 Å². The van der Waals surface area contributed by atoms with Crippen molar-refractivity contribution in [2.24, 2.45) is 0 Å². The lowest BCUT2D eigenvalue weighted by molar-refractivity contribution is -0.133. The number of piperazine rings is 1. The number of amides is 1. The molecule has 2 aliphatic rings. The average molecular weight is 556 g/mol. The average Bonchev–Trinajstić information content (AvgIpc) is 3.37. The summed E-state index contributed by atoms with van der Waals surface area (Å²) in [6, 6.07) is 19.6. The van der Waals surface area contributed by atoms with Gasteiger partial charge in [0.1, 0.15) is 0 Å². The Hall–Kier alpha value is -3.11. The normalized spacial score (nSPS) is 15.7. The van der Waals surface area contributed by atoms with E-state index in [1.807, 2.05) is 49.4 Å². The van der Waals surface area contributed by atoms with Crippen LogP contribution in [0.2, 0.25) is 5.02 Å². The minimum absolute atomic E-state index is 0.0997. The molecular weight excluding hydrogens is 526 g/mol. The molecule has 200 valence electrons. The van der Waals surface area contributed by atoms with Gasteiger partial charge in [0.25, 0.3) is 0 Å². The zero-order valence-electron chi connectivity index (χ0n) is 21.2. The first-order valence-corrected chi connectivity index (χ1v) is 14.3. The largest absolute Gasteiger partial charge is 0.454 e. The van der Waals surface area contributed by atoms with Gasteiger partial charge in [-0.05, 0) is 54.4 Å². The fourth-order valence-corrected chi connectivity index (χ4v) is 6.20. The van der Waals surface area contributed by atoms with Crippen LogP contribution in [0.15, 0.2) is 71.6 Å². The van der Waals surface area contributed by atoms with E-state index in [9.17, 15) is 13.2 Å². The standard InChI is InChI=1S/C28H30ClN3O5S/c1-21-3-2-4-22(15-21)18-32(38(34,35)25-8-6-24(29)7-9-25)19-28(33)31-13-11-30(12-14-31)17-23-5-10-26-27(16-23)37-20-36-26/h2-10,15-16H,11-14,17-20H2,1H3. The summed E-state index contributed by atoms with van der Waals surface area (Å²) in [6.07, 6.45) is 0. The first-order chi connectivity index (χ1) is 18.3. The molecule has 10 heteroatoms. The number of carbonyl (C=O) groups excluding carboxylic acids is 1. The lowest BCUT2D eigenvalue weighted by Crippen LogP contribution is -2.51. The van der Waals surface area contributed by atoms with Crippen molar-refractivity contribution in [1.82, 2.24) is 14.1 Å². The number of ether oxygens (including phenoxy) is 2. The molecule has 0 spiro atoms. The summed E-state index contributed by atoms with van der Waals surface area (Å²) in [5, 5.41) is 0.448. The lowest BCUT2D eigenvalue weighted by atomic mass is 10.1. The van der Waals surface area contributed by atoms with Gasteiger partial charge in [0.05, 0.1) is 11.4 Å². The van der Waals surface area contributed by atoms with E-state index in [1.54, 1.807) is 17.0 Å². The van der Waals surface area contributed by atoms with E-state index in [0.29, 0.717) is 31.2 Å². The highest BCUT2D eigenvalue weighted by atomic mass is 35.5. The maximum Gasteiger partial charge on any atom is 0.243 e. The van der Waals surface area contributed by atoms with Crippen molar-refractivity contribution in [3.63, 3.8) is 0 Å². The molecule has 0 atom stereocenters. The number of rotatable bonds is 8. The summed E-state index contributed by atoms with van der Waals surface area (Å²) in [4.78, 5) is 17.5. The topological polar surface area (TPSA) is 79.4 Å². The van der Waals surface area contributed by atoms with Crippen LogP contribution in [0.25, 0.3) is 0 Å². The molecule has 3 aromatic carbocycles. The molecule has 1 fully saturated rings.